The van der Waals surface area contributed by atoms with Gasteiger partial charge in [-0.05, 0) is 27.7 Å². The molecule has 0 aliphatic heterocycles. The third kappa shape index (κ3) is 6.85. The van der Waals surface area contributed by atoms with Gasteiger partial charge in [0.2, 0.25) is 0 Å². The summed E-state index contributed by atoms with van der Waals surface area (Å²) in [4.78, 5) is 11.2. The van der Waals surface area contributed by atoms with Crippen LogP contribution in [0, 0.1) is 0 Å². The van der Waals surface area contributed by atoms with Crippen LogP contribution in [0.15, 0.2) is 0 Å². The predicted octanol–water partition coefficient (Wildman–Crippen LogP) is 0.693. The van der Waals surface area contributed by atoms with E-state index in [1.807, 2.05) is 0 Å². The van der Waals surface area contributed by atoms with Crippen LogP contribution in [-0.4, -0.2) is 32.3 Å². The summed E-state index contributed by atoms with van der Waals surface area (Å²) < 4.78 is 30.7. The molecule has 0 rings (SSSR count). The Balaban J connectivity index is 4.29. The quantitative estimate of drug-likeness (QED) is 0.521. The van der Waals surface area contributed by atoms with Gasteiger partial charge in [0.15, 0.2) is 6.10 Å². The van der Waals surface area contributed by atoms with Crippen molar-refractivity contribution in [3.8, 4) is 0 Å². The number of ether oxygens (including phenoxy) is 1. The summed E-state index contributed by atoms with van der Waals surface area (Å²) in [5.74, 6) is -0.692. The first-order valence-electron chi connectivity index (χ1n) is 4.12. The van der Waals surface area contributed by atoms with Crippen LogP contribution in [0.3, 0.4) is 0 Å². The molecule has 0 aliphatic rings. The van der Waals surface area contributed by atoms with Gasteiger partial charge in [0, 0.05) is 0 Å². The zero-order valence-electron chi connectivity index (χ0n) is 9.03. The van der Waals surface area contributed by atoms with Gasteiger partial charge in [-0.3, -0.25) is 4.18 Å². The maximum atomic E-state index is 11.2. The minimum Gasteiger partial charge on any atom is -0.458 e. The monoisotopic (exact) mass is 224 g/mol. The Bertz CT molecular complexity index is 298. The molecule has 84 valence electrons. The largest absolute Gasteiger partial charge is 0.458 e. The zero-order valence-corrected chi connectivity index (χ0v) is 9.84. The Kier molecular flexibility index (Phi) is 4.08. The van der Waals surface area contributed by atoms with Crippen LogP contribution in [0.1, 0.15) is 27.7 Å². The molecule has 0 saturated heterocycles. The molecule has 0 aromatic heterocycles. The molecule has 6 heteroatoms. The lowest BCUT2D eigenvalue weighted by Gasteiger charge is -2.21. The van der Waals surface area contributed by atoms with Crippen LogP contribution in [0.2, 0.25) is 0 Å². The molecule has 0 aromatic carbocycles. The molecule has 0 N–H and O–H groups in total. The van der Waals surface area contributed by atoms with E-state index < -0.39 is 27.8 Å². The highest BCUT2D eigenvalue weighted by Gasteiger charge is 2.24. The first kappa shape index (κ1) is 13.4. The Morgan fingerprint density at radius 3 is 2.00 bits per heavy atom. The molecule has 0 spiro atoms. The first-order valence-corrected chi connectivity index (χ1v) is 5.94. The zero-order chi connectivity index (χ0) is 11.6. The number of esters is 1. The van der Waals surface area contributed by atoms with Gasteiger partial charge in [-0.2, -0.15) is 8.42 Å². The van der Waals surface area contributed by atoms with Crippen LogP contribution in [0.4, 0.5) is 0 Å². The Morgan fingerprint density at radius 1 is 1.29 bits per heavy atom. The highest BCUT2D eigenvalue weighted by molar-refractivity contribution is 7.86. The molecule has 1 unspecified atom stereocenters. The fourth-order valence-electron chi connectivity index (χ4n) is 0.686. The van der Waals surface area contributed by atoms with Crippen molar-refractivity contribution >= 4 is 16.1 Å². The predicted molar refractivity (Wildman–Crippen MR) is 51.2 cm³/mol. The summed E-state index contributed by atoms with van der Waals surface area (Å²) in [6.07, 6.45) is -0.224. The first-order chi connectivity index (χ1) is 6.01. The summed E-state index contributed by atoms with van der Waals surface area (Å²) in [5, 5.41) is 0. The number of carbonyl (C=O) groups excluding carboxylic acids is 1. The highest BCUT2D eigenvalue weighted by Crippen LogP contribution is 2.10. The van der Waals surface area contributed by atoms with Crippen molar-refractivity contribution in [1.82, 2.24) is 0 Å². The van der Waals surface area contributed by atoms with Gasteiger partial charge in [0.1, 0.15) is 5.60 Å². The summed E-state index contributed by atoms with van der Waals surface area (Å²) in [6, 6.07) is 0. The lowest BCUT2D eigenvalue weighted by molar-refractivity contribution is -0.162. The van der Waals surface area contributed by atoms with E-state index in [1.54, 1.807) is 20.8 Å². The molecule has 0 aliphatic carbocycles. The van der Waals surface area contributed by atoms with Crippen molar-refractivity contribution in [1.29, 1.82) is 0 Å². The van der Waals surface area contributed by atoms with Crippen LogP contribution >= 0.6 is 0 Å². The smallest absolute Gasteiger partial charge is 0.337 e. The van der Waals surface area contributed by atoms with E-state index in [1.165, 1.54) is 6.92 Å². The molecule has 0 saturated carbocycles. The SMILES string of the molecule is CC(OS(C)(=O)=O)C(=O)OC(C)(C)C. The number of hydrogen-bond donors (Lipinski definition) is 0. The summed E-state index contributed by atoms with van der Waals surface area (Å²) in [6.45, 7) is 6.41. The standard InChI is InChI=1S/C8H16O5S/c1-6(13-14(5,10)11)7(9)12-8(2,3)4/h6H,1-5H3. The molecule has 0 bridgehead atoms. The molecule has 0 aromatic rings. The summed E-state index contributed by atoms with van der Waals surface area (Å²) in [5.41, 5.74) is -0.647. The fourth-order valence-corrected chi connectivity index (χ4v) is 1.29. The van der Waals surface area contributed by atoms with Gasteiger partial charge in [0.05, 0.1) is 6.26 Å². The second kappa shape index (κ2) is 4.27. The lowest BCUT2D eigenvalue weighted by Crippen LogP contribution is -2.32. The Hall–Kier alpha value is -0.620. The minimum atomic E-state index is -3.62. The number of carbonyl (C=O) groups is 1. The fraction of sp³-hybridized carbons (Fsp3) is 0.875. The second-order valence-electron chi connectivity index (χ2n) is 3.98. The van der Waals surface area contributed by atoms with Crippen molar-refractivity contribution in [3.63, 3.8) is 0 Å². The number of hydrogen-bond acceptors (Lipinski definition) is 5. The van der Waals surface area contributed by atoms with E-state index in [9.17, 15) is 13.2 Å². The van der Waals surface area contributed by atoms with E-state index in [-0.39, 0.29) is 0 Å². The average molecular weight is 224 g/mol. The van der Waals surface area contributed by atoms with Crippen molar-refractivity contribution in [3.05, 3.63) is 0 Å². The third-order valence-corrected chi connectivity index (χ3v) is 1.70. The van der Waals surface area contributed by atoms with Gasteiger partial charge in [-0.1, -0.05) is 0 Å². The van der Waals surface area contributed by atoms with Crippen molar-refractivity contribution < 1.29 is 22.1 Å². The molecule has 0 radical (unpaired) electrons. The van der Waals surface area contributed by atoms with Crippen molar-refractivity contribution in [2.24, 2.45) is 0 Å². The maximum absolute atomic E-state index is 11.2. The highest BCUT2D eigenvalue weighted by atomic mass is 32.2. The molecule has 0 heterocycles. The molecule has 1 atom stereocenters. The van der Waals surface area contributed by atoms with Crippen LogP contribution < -0.4 is 0 Å². The molecular formula is C8H16O5S. The van der Waals surface area contributed by atoms with Crippen LogP contribution in [0.25, 0.3) is 0 Å². The lowest BCUT2D eigenvalue weighted by atomic mass is 10.2. The molecule has 0 fully saturated rings. The summed E-state index contributed by atoms with van der Waals surface area (Å²) in [7, 11) is -3.62. The Labute approximate surface area is 84.5 Å². The molecule has 0 amide bonds. The second-order valence-corrected chi connectivity index (χ2v) is 5.58. The van der Waals surface area contributed by atoms with E-state index in [0.717, 1.165) is 6.26 Å². The van der Waals surface area contributed by atoms with E-state index in [4.69, 9.17) is 4.74 Å². The topological polar surface area (TPSA) is 69.7 Å². The van der Waals surface area contributed by atoms with Gasteiger partial charge in [0.25, 0.3) is 10.1 Å². The summed E-state index contributed by atoms with van der Waals surface area (Å²) >= 11 is 0. The maximum Gasteiger partial charge on any atom is 0.337 e. The van der Waals surface area contributed by atoms with Crippen LogP contribution in [-0.2, 0) is 23.8 Å². The van der Waals surface area contributed by atoms with Gasteiger partial charge < -0.3 is 4.74 Å². The van der Waals surface area contributed by atoms with E-state index in [2.05, 4.69) is 4.18 Å². The van der Waals surface area contributed by atoms with Gasteiger partial charge in [-0.15, -0.1) is 0 Å². The van der Waals surface area contributed by atoms with Gasteiger partial charge >= 0.3 is 5.97 Å². The third-order valence-electron chi connectivity index (χ3n) is 1.06. The van der Waals surface area contributed by atoms with Gasteiger partial charge in [-0.25, -0.2) is 4.79 Å². The molecule has 5 nitrogen and oxygen atoms in total. The van der Waals surface area contributed by atoms with Crippen molar-refractivity contribution in [2.75, 3.05) is 6.26 Å². The number of rotatable bonds is 3. The van der Waals surface area contributed by atoms with Crippen molar-refractivity contribution in [2.45, 2.75) is 39.4 Å². The average Bonchev–Trinajstić information content (AvgIpc) is 1.78. The molecule has 14 heavy (non-hydrogen) atoms. The normalized spacial score (nSPS) is 14.9. The minimum absolute atomic E-state index is 0.647. The van der Waals surface area contributed by atoms with E-state index in [0.29, 0.717) is 0 Å². The Morgan fingerprint density at radius 2 is 1.71 bits per heavy atom. The van der Waals surface area contributed by atoms with Crippen LogP contribution in [0.5, 0.6) is 0 Å². The molecular weight excluding hydrogens is 208 g/mol. The van der Waals surface area contributed by atoms with E-state index >= 15 is 0 Å².